The summed E-state index contributed by atoms with van der Waals surface area (Å²) in [4.78, 5) is 11.2. The van der Waals surface area contributed by atoms with E-state index in [1.54, 1.807) is 0 Å². The molecular weight excluding hydrogens is 160 g/mol. The van der Waals surface area contributed by atoms with Crippen molar-refractivity contribution in [2.45, 2.75) is 58.3 Å². The standard InChI is InChI=1S/C12H20O/c1-2-3-4-5-6-8-11-9-7-10-12(11)13/h8H,2-7,9-10H2,1H3/b11-8+. The minimum absolute atomic E-state index is 0.399. The van der Waals surface area contributed by atoms with Gasteiger partial charge in [-0.15, -0.1) is 0 Å². The first-order valence-electron chi connectivity index (χ1n) is 5.57. The van der Waals surface area contributed by atoms with E-state index < -0.39 is 0 Å². The molecule has 0 amide bonds. The molecule has 0 N–H and O–H groups in total. The zero-order chi connectivity index (χ0) is 9.52. The Morgan fingerprint density at radius 2 is 2.08 bits per heavy atom. The van der Waals surface area contributed by atoms with E-state index in [2.05, 4.69) is 13.0 Å². The molecule has 1 aliphatic carbocycles. The molecule has 13 heavy (non-hydrogen) atoms. The maximum absolute atomic E-state index is 11.2. The number of hydrogen-bond acceptors (Lipinski definition) is 1. The van der Waals surface area contributed by atoms with Crippen LogP contribution in [-0.4, -0.2) is 5.78 Å². The lowest BCUT2D eigenvalue weighted by Crippen LogP contribution is -1.90. The minimum Gasteiger partial charge on any atom is -0.295 e. The summed E-state index contributed by atoms with van der Waals surface area (Å²) < 4.78 is 0. The third-order valence-corrected chi connectivity index (χ3v) is 2.66. The summed E-state index contributed by atoms with van der Waals surface area (Å²) in [5, 5.41) is 0. The number of Topliss-reactive ketones (excluding diaryl/α,β-unsaturated/α-hetero) is 1. The zero-order valence-corrected chi connectivity index (χ0v) is 8.64. The van der Waals surface area contributed by atoms with Crippen LogP contribution in [0.15, 0.2) is 11.6 Å². The van der Waals surface area contributed by atoms with Crippen LogP contribution in [0, 0.1) is 0 Å². The molecule has 1 fully saturated rings. The average Bonchev–Trinajstić information content (AvgIpc) is 2.52. The van der Waals surface area contributed by atoms with Gasteiger partial charge in [-0.05, 0) is 31.3 Å². The fourth-order valence-corrected chi connectivity index (χ4v) is 1.80. The molecule has 1 saturated carbocycles. The first-order valence-corrected chi connectivity index (χ1v) is 5.57. The van der Waals surface area contributed by atoms with Crippen LogP contribution in [0.25, 0.3) is 0 Å². The molecule has 1 aliphatic rings. The van der Waals surface area contributed by atoms with Gasteiger partial charge in [0.1, 0.15) is 0 Å². The number of allylic oxidation sites excluding steroid dienone is 2. The largest absolute Gasteiger partial charge is 0.295 e. The van der Waals surface area contributed by atoms with Crippen LogP contribution in [0.3, 0.4) is 0 Å². The lowest BCUT2D eigenvalue weighted by molar-refractivity contribution is -0.114. The molecular formula is C12H20O. The van der Waals surface area contributed by atoms with Crippen molar-refractivity contribution in [1.29, 1.82) is 0 Å². The van der Waals surface area contributed by atoms with Crippen LogP contribution in [-0.2, 0) is 4.79 Å². The molecule has 0 heterocycles. The molecule has 1 nitrogen and oxygen atoms in total. The van der Waals surface area contributed by atoms with Gasteiger partial charge in [-0.2, -0.15) is 0 Å². The van der Waals surface area contributed by atoms with Gasteiger partial charge in [-0.3, -0.25) is 4.79 Å². The summed E-state index contributed by atoms with van der Waals surface area (Å²) in [5.41, 5.74) is 1.11. The van der Waals surface area contributed by atoms with E-state index in [-0.39, 0.29) is 0 Å². The summed E-state index contributed by atoms with van der Waals surface area (Å²) in [7, 11) is 0. The smallest absolute Gasteiger partial charge is 0.158 e. The second-order valence-electron chi connectivity index (χ2n) is 3.86. The fraction of sp³-hybridized carbons (Fsp3) is 0.750. The Bertz CT molecular complexity index is 191. The van der Waals surface area contributed by atoms with Crippen LogP contribution in [0.1, 0.15) is 58.3 Å². The Balaban J connectivity index is 2.12. The molecule has 0 saturated heterocycles. The SMILES string of the molecule is CCCCCC/C=C1\CCCC1=O. The van der Waals surface area contributed by atoms with Gasteiger partial charge in [0.15, 0.2) is 5.78 Å². The summed E-state index contributed by atoms with van der Waals surface area (Å²) >= 11 is 0. The number of hydrogen-bond donors (Lipinski definition) is 0. The first kappa shape index (κ1) is 10.5. The molecule has 0 bridgehead atoms. The van der Waals surface area contributed by atoms with Crippen molar-refractivity contribution >= 4 is 5.78 Å². The van der Waals surface area contributed by atoms with E-state index in [4.69, 9.17) is 0 Å². The highest BCUT2D eigenvalue weighted by atomic mass is 16.1. The van der Waals surface area contributed by atoms with Crippen molar-refractivity contribution in [3.8, 4) is 0 Å². The molecule has 0 radical (unpaired) electrons. The van der Waals surface area contributed by atoms with Crippen molar-refractivity contribution in [1.82, 2.24) is 0 Å². The van der Waals surface area contributed by atoms with Gasteiger partial charge >= 0.3 is 0 Å². The quantitative estimate of drug-likeness (QED) is 0.466. The van der Waals surface area contributed by atoms with Crippen LogP contribution in [0.2, 0.25) is 0 Å². The third-order valence-electron chi connectivity index (χ3n) is 2.66. The van der Waals surface area contributed by atoms with Gasteiger partial charge in [0.25, 0.3) is 0 Å². The maximum Gasteiger partial charge on any atom is 0.158 e. The van der Waals surface area contributed by atoms with Crippen LogP contribution < -0.4 is 0 Å². The molecule has 0 aliphatic heterocycles. The highest BCUT2D eigenvalue weighted by Crippen LogP contribution is 2.21. The predicted molar refractivity (Wildman–Crippen MR) is 55.7 cm³/mol. The Kier molecular flexibility index (Phi) is 4.81. The number of ketones is 1. The monoisotopic (exact) mass is 180 g/mol. The average molecular weight is 180 g/mol. The van der Waals surface area contributed by atoms with Gasteiger partial charge in [-0.25, -0.2) is 0 Å². The van der Waals surface area contributed by atoms with Crippen molar-refractivity contribution in [3.05, 3.63) is 11.6 Å². The Morgan fingerprint density at radius 3 is 2.69 bits per heavy atom. The Morgan fingerprint density at radius 1 is 1.23 bits per heavy atom. The highest BCUT2D eigenvalue weighted by Gasteiger charge is 2.15. The van der Waals surface area contributed by atoms with Gasteiger partial charge in [0.05, 0.1) is 0 Å². The summed E-state index contributed by atoms with van der Waals surface area (Å²) in [6.07, 6.45) is 11.4. The van der Waals surface area contributed by atoms with Crippen LogP contribution in [0.4, 0.5) is 0 Å². The lowest BCUT2D eigenvalue weighted by Gasteiger charge is -1.96. The topological polar surface area (TPSA) is 17.1 Å². The van der Waals surface area contributed by atoms with E-state index in [1.807, 2.05) is 0 Å². The molecule has 1 heteroatoms. The normalized spacial score (nSPS) is 20.1. The zero-order valence-electron chi connectivity index (χ0n) is 8.64. The Hall–Kier alpha value is -0.590. The molecule has 0 unspecified atom stereocenters. The third kappa shape index (κ3) is 3.75. The lowest BCUT2D eigenvalue weighted by atomic mass is 10.1. The van der Waals surface area contributed by atoms with Crippen molar-refractivity contribution in [3.63, 3.8) is 0 Å². The van der Waals surface area contributed by atoms with E-state index in [0.29, 0.717) is 5.78 Å². The molecule has 1 rings (SSSR count). The number of rotatable bonds is 5. The summed E-state index contributed by atoms with van der Waals surface area (Å²) in [5.74, 6) is 0.399. The van der Waals surface area contributed by atoms with Gasteiger partial charge < -0.3 is 0 Å². The minimum atomic E-state index is 0.399. The van der Waals surface area contributed by atoms with Crippen molar-refractivity contribution in [2.24, 2.45) is 0 Å². The molecule has 0 spiro atoms. The molecule has 0 aromatic heterocycles. The number of carbonyl (C=O) groups is 1. The number of unbranched alkanes of at least 4 members (excludes halogenated alkanes) is 4. The summed E-state index contributed by atoms with van der Waals surface area (Å²) in [6.45, 7) is 2.22. The first-order chi connectivity index (χ1) is 6.34. The summed E-state index contributed by atoms with van der Waals surface area (Å²) in [6, 6.07) is 0. The Labute approximate surface area is 81.2 Å². The maximum atomic E-state index is 11.2. The van der Waals surface area contributed by atoms with E-state index in [1.165, 1.54) is 25.7 Å². The highest BCUT2D eigenvalue weighted by molar-refractivity contribution is 5.97. The van der Waals surface area contributed by atoms with Crippen LogP contribution >= 0.6 is 0 Å². The van der Waals surface area contributed by atoms with Gasteiger partial charge in [-0.1, -0.05) is 32.3 Å². The van der Waals surface area contributed by atoms with Gasteiger partial charge in [0.2, 0.25) is 0 Å². The van der Waals surface area contributed by atoms with Gasteiger partial charge in [0, 0.05) is 6.42 Å². The van der Waals surface area contributed by atoms with Crippen LogP contribution in [0.5, 0.6) is 0 Å². The molecule has 0 aromatic rings. The number of carbonyl (C=O) groups excluding carboxylic acids is 1. The fourth-order valence-electron chi connectivity index (χ4n) is 1.80. The van der Waals surface area contributed by atoms with E-state index >= 15 is 0 Å². The molecule has 0 aromatic carbocycles. The van der Waals surface area contributed by atoms with E-state index in [0.717, 1.165) is 31.3 Å². The second-order valence-corrected chi connectivity index (χ2v) is 3.86. The van der Waals surface area contributed by atoms with E-state index in [9.17, 15) is 4.79 Å². The van der Waals surface area contributed by atoms with Crippen molar-refractivity contribution in [2.75, 3.05) is 0 Å². The van der Waals surface area contributed by atoms with Crippen molar-refractivity contribution < 1.29 is 4.79 Å². The molecule has 0 atom stereocenters. The molecule has 74 valence electrons. The predicted octanol–water partition coefficient (Wildman–Crippen LogP) is 3.64. The second kappa shape index (κ2) is 5.95.